The Morgan fingerprint density at radius 2 is 1.86 bits per heavy atom. The van der Waals surface area contributed by atoms with E-state index in [9.17, 15) is 4.79 Å². The van der Waals surface area contributed by atoms with Gasteiger partial charge in [0, 0.05) is 18.0 Å². The summed E-state index contributed by atoms with van der Waals surface area (Å²) in [5.41, 5.74) is 7.22. The van der Waals surface area contributed by atoms with Crippen LogP contribution in [0.3, 0.4) is 0 Å². The second-order valence-electron chi connectivity index (χ2n) is 5.74. The van der Waals surface area contributed by atoms with Gasteiger partial charge in [0.2, 0.25) is 0 Å². The standard InChI is InChI=1S/C18H18N2O2/c1-18(2)17(21)20(11-10-13-6-4-3-5-7-13)15-9-8-14(19)12-16(15)22-18/h3-12H,19H2,1-2H3. The number of hydrogen-bond acceptors (Lipinski definition) is 3. The van der Waals surface area contributed by atoms with Crippen molar-refractivity contribution in [3.63, 3.8) is 0 Å². The fourth-order valence-electron chi connectivity index (χ4n) is 2.40. The maximum absolute atomic E-state index is 12.6. The summed E-state index contributed by atoms with van der Waals surface area (Å²) >= 11 is 0. The van der Waals surface area contributed by atoms with E-state index in [-0.39, 0.29) is 5.91 Å². The lowest BCUT2D eigenvalue weighted by atomic mass is 10.0. The van der Waals surface area contributed by atoms with Crippen molar-refractivity contribution >= 4 is 23.4 Å². The van der Waals surface area contributed by atoms with Crippen molar-refractivity contribution in [2.45, 2.75) is 19.4 Å². The molecule has 0 saturated heterocycles. The van der Waals surface area contributed by atoms with Gasteiger partial charge in [-0.1, -0.05) is 30.3 Å². The third kappa shape index (κ3) is 2.55. The minimum atomic E-state index is -0.929. The summed E-state index contributed by atoms with van der Waals surface area (Å²) < 4.78 is 5.79. The molecule has 0 aliphatic carbocycles. The molecule has 0 radical (unpaired) electrons. The van der Waals surface area contributed by atoms with Gasteiger partial charge in [0.05, 0.1) is 5.69 Å². The molecule has 0 fully saturated rings. The molecule has 0 aromatic heterocycles. The van der Waals surface area contributed by atoms with Gasteiger partial charge < -0.3 is 10.5 Å². The van der Waals surface area contributed by atoms with Crippen molar-refractivity contribution in [3.8, 4) is 5.75 Å². The van der Waals surface area contributed by atoms with E-state index in [0.717, 1.165) is 5.56 Å². The number of hydrogen-bond donors (Lipinski definition) is 1. The number of nitrogen functional groups attached to an aromatic ring is 1. The summed E-state index contributed by atoms with van der Waals surface area (Å²) in [5, 5.41) is 0. The summed E-state index contributed by atoms with van der Waals surface area (Å²) in [7, 11) is 0. The van der Waals surface area contributed by atoms with Crippen molar-refractivity contribution in [1.82, 2.24) is 0 Å². The lowest BCUT2D eigenvalue weighted by Crippen LogP contribution is -2.50. The first-order chi connectivity index (χ1) is 10.5. The van der Waals surface area contributed by atoms with Crippen LogP contribution in [0.1, 0.15) is 19.4 Å². The highest BCUT2D eigenvalue weighted by molar-refractivity contribution is 6.04. The molecule has 3 rings (SSSR count). The van der Waals surface area contributed by atoms with Gasteiger partial charge in [-0.25, -0.2) is 0 Å². The number of nitrogens with zero attached hydrogens (tertiary/aromatic N) is 1. The molecule has 22 heavy (non-hydrogen) atoms. The zero-order valence-corrected chi connectivity index (χ0v) is 12.6. The molecule has 112 valence electrons. The molecule has 2 N–H and O–H groups in total. The normalized spacial score (nSPS) is 16.5. The fourth-order valence-corrected chi connectivity index (χ4v) is 2.40. The highest BCUT2D eigenvalue weighted by Gasteiger charge is 2.40. The van der Waals surface area contributed by atoms with Crippen LogP contribution in [0, 0.1) is 0 Å². The molecule has 0 bridgehead atoms. The van der Waals surface area contributed by atoms with E-state index >= 15 is 0 Å². The van der Waals surface area contributed by atoms with Gasteiger partial charge in [-0.3, -0.25) is 9.69 Å². The van der Waals surface area contributed by atoms with Crippen LogP contribution in [0.2, 0.25) is 0 Å². The van der Waals surface area contributed by atoms with Gasteiger partial charge in [0.25, 0.3) is 5.91 Å². The molecule has 4 heteroatoms. The van der Waals surface area contributed by atoms with Crippen molar-refractivity contribution < 1.29 is 9.53 Å². The second kappa shape index (κ2) is 5.22. The molecular formula is C18H18N2O2. The van der Waals surface area contributed by atoms with Crippen LogP contribution in [0.5, 0.6) is 5.75 Å². The SMILES string of the molecule is CC1(C)Oc2cc(N)ccc2N(C=Cc2ccccc2)C1=O. The highest BCUT2D eigenvalue weighted by atomic mass is 16.5. The molecule has 4 nitrogen and oxygen atoms in total. The molecule has 0 unspecified atom stereocenters. The van der Waals surface area contributed by atoms with Crippen molar-refractivity contribution in [1.29, 1.82) is 0 Å². The number of anilines is 2. The molecule has 1 aliphatic heterocycles. The molecule has 2 aromatic rings. The predicted octanol–water partition coefficient (Wildman–Crippen LogP) is 3.44. The molecule has 1 aliphatic rings. The monoisotopic (exact) mass is 294 g/mol. The zero-order valence-electron chi connectivity index (χ0n) is 12.6. The summed E-state index contributed by atoms with van der Waals surface area (Å²) in [4.78, 5) is 14.3. The average Bonchev–Trinajstić information content (AvgIpc) is 2.48. The summed E-state index contributed by atoms with van der Waals surface area (Å²) in [6.45, 7) is 3.51. The van der Waals surface area contributed by atoms with Gasteiger partial charge >= 0.3 is 0 Å². The molecule has 1 heterocycles. The summed E-state index contributed by atoms with van der Waals surface area (Å²) in [6.07, 6.45) is 3.68. The quantitative estimate of drug-likeness (QED) is 0.863. The lowest BCUT2D eigenvalue weighted by molar-refractivity contribution is -0.131. The van der Waals surface area contributed by atoms with Crippen molar-refractivity contribution in [2.24, 2.45) is 0 Å². The van der Waals surface area contributed by atoms with E-state index in [1.165, 1.54) is 0 Å². The summed E-state index contributed by atoms with van der Waals surface area (Å²) in [6, 6.07) is 15.1. The fraction of sp³-hybridized carbons (Fsp3) is 0.167. The number of fused-ring (bicyclic) bond motifs is 1. The van der Waals surface area contributed by atoms with E-state index in [4.69, 9.17) is 10.5 Å². The molecule has 0 atom stereocenters. The Morgan fingerprint density at radius 3 is 2.59 bits per heavy atom. The van der Waals surface area contributed by atoms with Crippen LogP contribution in [-0.2, 0) is 4.79 Å². The third-order valence-corrected chi connectivity index (χ3v) is 3.56. The van der Waals surface area contributed by atoms with Gasteiger partial charge in [0.1, 0.15) is 5.75 Å². The maximum Gasteiger partial charge on any atom is 0.274 e. The number of rotatable bonds is 2. The first-order valence-electron chi connectivity index (χ1n) is 7.13. The minimum Gasteiger partial charge on any atom is -0.476 e. The number of ether oxygens (including phenoxy) is 1. The van der Waals surface area contributed by atoms with Crippen LogP contribution in [-0.4, -0.2) is 11.5 Å². The molecular weight excluding hydrogens is 276 g/mol. The highest BCUT2D eigenvalue weighted by Crippen LogP contribution is 2.39. The van der Waals surface area contributed by atoms with Crippen LogP contribution in [0.25, 0.3) is 6.08 Å². The lowest BCUT2D eigenvalue weighted by Gasteiger charge is -2.37. The third-order valence-electron chi connectivity index (χ3n) is 3.56. The maximum atomic E-state index is 12.6. The number of carbonyl (C=O) groups is 1. The van der Waals surface area contributed by atoms with Gasteiger partial charge in [-0.2, -0.15) is 0 Å². The van der Waals surface area contributed by atoms with Gasteiger partial charge in [-0.15, -0.1) is 0 Å². The van der Waals surface area contributed by atoms with E-state index in [0.29, 0.717) is 17.1 Å². The second-order valence-corrected chi connectivity index (χ2v) is 5.74. The first-order valence-corrected chi connectivity index (χ1v) is 7.13. The zero-order chi connectivity index (χ0) is 15.7. The van der Waals surface area contributed by atoms with Crippen LogP contribution >= 0.6 is 0 Å². The van der Waals surface area contributed by atoms with Crippen LogP contribution in [0.15, 0.2) is 54.7 Å². The predicted molar refractivity (Wildman–Crippen MR) is 88.5 cm³/mol. The number of amides is 1. The van der Waals surface area contributed by atoms with Gasteiger partial charge in [-0.05, 0) is 37.6 Å². The average molecular weight is 294 g/mol. The Kier molecular flexibility index (Phi) is 3.37. The smallest absolute Gasteiger partial charge is 0.274 e. The largest absolute Gasteiger partial charge is 0.476 e. The van der Waals surface area contributed by atoms with E-state index in [2.05, 4.69) is 0 Å². The number of carbonyl (C=O) groups excluding carboxylic acids is 1. The van der Waals surface area contributed by atoms with Crippen LogP contribution in [0.4, 0.5) is 11.4 Å². The van der Waals surface area contributed by atoms with Gasteiger partial charge in [0.15, 0.2) is 5.60 Å². The van der Waals surface area contributed by atoms with E-state index < -0.39 is 5.60 Å². The van der Waals surface area contributed by atoms with Crippen LogP contribution < -0.4 is 15.4 Å². The minimum absolute atomic E-state index is 0.114. The van der Waals surface area contributed by atoms with E-state index in [1.54, 1.807) is 43.1 Å². The molecule has 1 amide bonds. The van der Waals surface area contributed by atoms with Crippen molar-refractivity contribution in [3.05, 3.63) is 60.3 Å². The van der Waals surface area contributed by atoms with Crippen molar-refractivity contribution in [2.75, 3.05) is 10.6 Å². The Morgan fingerprint density at radius 1 is 1.14 bits per heavy atom. The summed E-state index contributed by atoms with van der Waals surface area (Å²) in [5.74, 6) is 0.499. The first kappa shape index (κ1) is 14.2. The Balaban J connectivity index is 2.02. The Bertz CT molecular complexity index is 736. The molecule has 0 saturated carbocycles. The van der Waals surface area contributed by atoms with E-state index in [1.807, 2.05) is 36.4 Å². The Hall–Kier alpha value is -2.75. The molecule has 0 spiro atoms. The number of benzene rings is 2. The molecule has 2 aromatic carbocycles. The Labute approximate surface area is 129 Å². The number of nitrogens with two attached hydrogens (primary N) is 1. The topological polar surface area (TPSA) is 55.6 Å².